The maximum Gasteiger partial charge on any atom is 0.0471 e. The number of hydrogen-bond acceptors (Lipinski definition) is 2. The van der Waals surface area contributed by atoms with E-state index in [1.807, 2.05) is 0 Å². The van der Waals surface area contributed by atoms with E-state index in [4.69, 9.17) is 4.74 Å². The largest absolute Gasteiger partial charge is 0.381 e. The van der Waals surface area contributed by atoms with E-state index in [2.05, 4.69) is 11.9 Å². The van der Waals surface area contributed by atoms with Gasteiger partial charge in [0.05, 0.1) is 0 Å². The van der Waals surface area contributed by atoms with Gasteiger partial charge in [-0.2, -0.15) is 0 Å². The molecule has 0 aromatic heterocycles. The lowest BCUT2D eigenvalue weighted by Gasteiger charge is -2.43. The number of piperidine rings is 1. The first-order chi connectivity index (χ1) is 5.81. The lowest BCUT2D eigenvalue weighted by atomic mass is 9.74. The van der Waals surface area contributed by atoms with Gasteiger partial charge in [-0.15, -0.1) is 0 Å². The van der Waals surface area contributed by atoms with E-state index >= 15 is 0 Å². The fourth-order valence-electron chi connectivity index (χ4n) is 2.67. The first kappa shape index (κ1) is 11.0. The molecule has 0 N–H and O–H groups in total. The SMILES string of the molecule is C.CN1CCCC2(CCOCC2)C1. The lowest BCUT2D eigenvalue weighted by Crippen LogP contribution is -2.44. The van der Waals surface area contributed by atoms with Gasteiger partial charge in [-0.3, -0.25) is 0 Å². The predicted octanol–water partition coefficient (Wildman–Crippen LogP) is 2.14. The van der Waals surface area contributed by atoms with Gasteiger partial charge in [0, 0.05) is 19.8 Å². The van der Waals surface area contributed by atoms with Crippen molar-refractivity contribution in [2.45, 2.75) is 33.1 Å². The van der Waals surface area contributed by atoms with Gasteiger partial charge in [-0.1, -0.05) is 7.43 Å². The molecule has 78 valence electrons. The highest BCUT2D eigenvalue weighted by molar-refractivity contribution is 4.87. The van der Waals surface area contributed by atoms with Crippen LogP contribution in [0.25, 0.3) is 0 Å². The highest BCUT2D eigenvalue weighted by Crippen LogP contribution is 2.38. The maximum absolute atomic E-state index is 5.41. The topological polar surface area (TPSA) is 12.5 Å². The first-order valence-corrected chi connectivity index (χ1v) is 5.07. The zero-order valence-corrected chi connectivity index (χ0v) is 8.01. The summed E-state index contributed by atoms with van der Waals surface area (Å²) in [5.74, 6) is 0. The highest BCUT2D eigenvalue weighted by Gasteiger charge is 2.35. The van der Waals surface area contributed by atoms with Crippen molar-refractivity contribution in [2.24, 2.45) is 5.41 Å². The third-order valence-electron chi connectivity index (χ3n) is 3.41. The number of ether oxygens (including phenoxy) is 1. The Bertz CT molecular complexity index is 147. The quantitative estimate of drug-likeness (QED) is 0.573. The van der Waals surface area contributed by atoms with Crippen molar-refractivity contribution in [1.82, 2.24) is 4.90 Å². The minimum Gasteiger partial charge on any atom is -0.381 e. The van der Waals surface area contributed by atoms with E-state index in [9.17, 15) is 0 Å². The fraction of sp³-hybridized carbons (Fsp3) is 1.00. The zero-order chi connectivity index (χ0) is 8.44. The molecule has 1 spiro atoms. The van der Waals surface area contributed by atoms with Gasteiger partial charge in [0.1, 0.15) is 0 Å². The molecule has 0 aliphatic carbocycles. The summed E-state index contributed by atoms with van der Waals surface area (Å²) >= 11 is 0. The van der Waals surface area contributed by atoms with Crippen LogP contribution in [0.3, 0.4) is 0 Å². The number of rotatable bonds is 0. The number of nitrogens with zero attached hydrogens (tertiary/aromatic N) is 1. The van der Waals surface area contributed by atoms with Gasteiger partial charge in [0.25, 0.3) is 0 Å². The smallest absolute Gasteiger partial charge is 0.0471 e. The minimum absolute atomic E-state index is 0. The van der Waals surface area contributed by atoms with Crippen molar-refractivity contribution in [2.75, 3.05) is 33.4 Å². The van der Waals surface area contributed by atoms with Gasteiger partial charge in [-0.05, 0) is 44.7 Å². The van der Waals surface area contributed by atoms with Crippen LogP contribution in [0.2, 0.25) is 0 Å². The zero-order valence-electron chi connectivity index (χ0n) is 8.01. The predicted molar refractivity (Wildman–Crippen MR) is 55.9 cm³/mol. The lowest BCUT2D eigenvalue weighted by molar-refractivity contribution is -0.0217. The summed E-state index contributed by atoms with van der Waals surface area (Å²) in [6.45, 7) is 4.58. The third kappa shape index (κ3) is 2.44. The van der Waals surface area contributed by atoms with E-state index in [1.165, 1.54) is 38.8 Å². The average molecular weight is 185 g/mol. The second-order valence-electron chi connectivity index (χ2n) is 4.45. The Morgan fingerprint density at radius 2 is 1.85 bits per heavy atom. The Morgan fingerprint density at radius 1 is 1.15 bits per heavy atom. The van der Waals surface area contributed by atoms with Crippen molar-refractivity contribution in [3.8, 4) is 0 Å². The van der Waals surface area contributed by atoms with E-state index in [1.54, 1.807) is 0 Å². The third-order valence-corrected chi connectivity index (χ3v) is 3.41. The number of likely N-dealkylation sites (tertiary alicyclic amines) is 1. The summed E-state index contributed by atoms with van der Waals surface area (Å²) in [6.07, 6.45) is 5.39. The maximum atomic E-state index is 5.41. The first-order valence-electron chi connectivity index (χ1n) is 5.07. The molecule has 0 amide bonds. The van der Waals surface area contributed by atoms with Gasteiger partial charge in [0.15, 0.2) is 0 Å². The van der Waals surface area contributed by atoms with E-state index in [0.29, 0.717) is 5.41 Å². The molecule has 2 heterocycles. The Kier molecular flexibility index (Phi) is 3.74. The summed E-state index contributed by atoms with van der Waals surface area (Å²) in [7, 11) is 2.25. The van der Waals surface area contributed by atoms with Gasteiger partial charge < -0.3 is 9.64 Å². The molecule has 13 heavy (non-hydrogen) atoms. The molecule has 0 aromatic carbocycles. The molecule has 2 aliphatic rings. The molecule has 2 aliphatic heterocycles. The van der Waals surface area contributed by atoms with E-state index in [0.717, 1.165) is 13.2 Å². The molecule has 0 radical (unpaired) electrons. The highest BCUT2D eigenvalue weighted by atomic mass is 16.5. The second-order valence-corrected chi connectivity index (χ2v) is 4.45. The van der Waals surface area contributed by atoms with E-state index < -0.39 is 0 Å². The van der Waals surface area contributed by atoms with Crippen LogP contribution in [0.15, 0.2) is 0 Å². The second kappa shape index (κ2) is 4.43. The molecule has 0 atom stereocenters. The van der Waals surface area contributed by atoms with Crippen LogP contribution in [0.5, 0.6) is 0 Å². The van der Waals surface area contributed by atoms with Crippen LogP contribution in [-0.2, 0) is 4.74 Å². The molecule has 2 fully saturated rings. The summed E-state index contributed by atoms with van der Waals surface area (Å²) in [6, 6.07) is 0. The average Bonchev–Trinajstić information content (AvgIpc) is 2.05. The van der Waals surface area contributed by atoms with Crippen LogP contribution in [0.1, 0.15) is 33.1 Å². The monoisotopic (exact) mass is 185 g/mol. The van der Waals surface area contributed by atoms with Crippen molar-refractivity contribution in [1.29, 1.82) is 0 Å². The molecule has 2 heteroatoms. The minimum atomic E-state index is 0. The molecule has 2 saturated heterocycles. The summed E-state index contributed by atoms with van der Waals surface area (Å²) in [5.41, 5.74) is 0.630. The molecular formula is C11H23NO. The summed E-state index contributed by atoms with van der Waals surface area (Å²) in [5, 5.41) is 0. The summed E-state index contributed by atoms with van der Waals surface area (Å²) < 4.78 is 5.41. The normalized spacial score (nSPS) is 28.4. The van der Waals surface area contributed by atoms with Crippen LogP contribution >= 0.6 is 0 Å². The van der Waals surface area contributed by atoms with Crippen LogP contribution in [-0.4, -0.2) is 38.3 Å². The summed E-state index contributed by atoms with van der Waals surface area (Å²) in [4.78, 5) is 2.48. The van der Waals surface area contributed by atoms with Crippen molar-refractivity contribution < 1.29 is 4.74 Å². The standard InChI is InChI=1S/C10H19NO.CH4/c1-11-6-2-3-10(9-11)4-7-12-8-5-10;/h2-9H2,1H3;1H4. The van der Waals surface area contributed by atoms with Crippen LogP contribution in [0, 0.1) is 5.41 Å². The Balaban J connectivity index is 0.000000845. The van der Waals surface area contributed by atoms with Gasteiger partial charge in [0.2, 0.25) is 0 Å². The molecule has 2 rings (SSSR count). The van der Waals surface area contributed by atoms with Crippen molar-refractivity contribution in [3.05, 3.63) is 0 Å². The Morgan fingerprint density at radius 3 is 2.46 bits per heavy atom. The molecule has 0 aromatic rings. The van der Waals surface area contributed by atoms with Crippen molar-refractivity contribution in [3.63, 3.8) is 0 Å². The number of hydrogen-bond donors (Lipinski definition) is 0. The van der Waals surface area contributed by atoms with E-state index in [-0.39, 0.29) is 7.43 Å². The molecule has 2 nitrogen and oxygen atoms in total. The molecule has 0 saturated carbocycles. The molecule has 0 unspecified atom stereocenters. The Labute approximate surface area is 82.3 Å². The fourth-order valence-corrected chi connectivity index (χ4v) is 2.67. The van der Waals surface area contributed by atoms with Crippen LogP contribution in [0.4, 0.5) is 0 Å². The molecule has 0 bridgehead atoms. The van der Waals surface area contributed by atoms with Gasteiger partial charge >= 0.3 is 0 Å². The van der Waals surface area contributed by atoms with Crippen LogP contribution < -0.4 is 0 Å². The van der Waals surface area contributed by atoms with Gasteiger partial charge in [-0.25, -0.2) is 0 Å². The molecular weight excluding hydrogens is 162 g/mol. The Hall–Kier alpha value is -0.0800. The van der Waals surface area contributed by atoms with Crippen molar-refractivity contribution >= 4 is 0 Å².